The van der Waals surface area contributed by atoms with Crippen LogP contribution in [0.25, 0.3) is 0 Å². The highest BCUT2D eigenvalue weighted by molar-refractivity contribution is 7.82. The Morgan fingerprint density at radius 3 is 1.41 bits per heavy atom. The van der Waals surface area contributed by atoms with Gasteiger partial charge in [0.15, 0.2) is 23.1 Å². The minimum Gasteiger partial charge on any atom is -0.444 e. The minimum atomic E-state index is -5.17. The van der Waals surface area contributed by atoms with Crippen molar-refractivity contribution in [3.05, 3.63) is 48.0 Å². The number of ether oxygens (including phenoxy) is 2. The molecule has 49 heavy (non-hydrogen) atoms. The van der Waals surface area contributed by atoms with Crippen LogP contribution in [0.4, 0.5) is 29.7 Å². The Balaban J connectivity index is 1.42. The summed E-state index contributed by atoms with van der Waals surface area (Å²) in [6.45, 7) is 10.7. The van der Waals surface area contributed by atoms with E-state index in [1.54, 1.807) is 41.5 Å². The molecule has 0 radical (unpaired) electrons. The number of likely N-dealkylation sites (tertiary alicyclic amines) is 2. The van der Waals surface area contributed by atoms with Gasteiger partial charge >= 0.3 is 22.6 Å². The summed E-state index contributed by atoms with van der Waals surface area (Å²) in [6, 6.07) is 3.96. The van der Waals surface area contributed by atoms with Crippen LogP contribution in [-0.2, 0) is 29.5 Å². The third-order valence-electron chi connectivity index (χ3n) is 7.15. The third kappa shape index (κ3) is 10.2. The molecule has 2 aliphatic rings. The van der Waals surface area contributed by atoms with E-state index in [0.29, 0.717) is 25.7 Å². The summed E-state index contributed by atoms with van der Waals surface area (Å²) in [7, 11) is -5.17. The number of carbonyl (C=O) groups excluding carboxylic acids is 4. The van der Waals surface area contributed by atoms with Gasteiger partial charge in [0.25, 0.3) is 0 Å². The number of halogens is 2. The second-order valence-corrected chi connectivity index (χ2v) is 14.7. The van der Waals surface area contributed by atoms with Crippen molar-refractivity contribution >= 4 is 45.8 Å². The lowest BCUT2D eigenvalue weighted by Gasteiger charge is -2.28. The maximum Gasteiger partial charge on any atom is 0.501 e. The van der Waals surface area contributed by atoms with Gasteiger partial charge in [0, 0.05) is 36.6 Å². The van der Waals surface area contributed by atoms with Crippen molar-refractivity contribution in [1.82, 2.24) is 9.80 Å². The molecule has 2 saturated heterocycles. The summed E-state index contributed by atoms with van der Waals surface area (Å²) in [5.74, 6) is -5.27. The molecular weight excluding hydrogens is 670 g/mol. The van der Waals surface area contributed by atoms with Gasteiger partial charge in [-0.3, -0.25) is 19.4 Å². The zero-order chi connectivity index (χ0) is 36.3. The Morgan fingerprint density at radius 2 is 1.06 bits per heavy atom. The molecule has 0 unspecified atom stereocenters. The van der Waals surface area contributed by atoms with Crippen molar-refractivity contribution in [3.8, 4) is 11.5 Å². The first kappa shape index (κ1) is 37.2. The van der Waals surface area contributed by atoms with E-state index in [9.17, 15) is 36.4 Å². The number of benzene rings is 2. The molecule has 0 bridgehead atoms. The first-order valence-electron chi connectivity index (χ1n) is 15.6. The number of nitrogens with one attached hydrogen (secondary N) is 2. The molecular formula is C32H40F2N4O10S. The van der Waals surface area contributed by atoms with Crippen LogP contribution in [0.5, 0.6) is 11.5 Å². The average Bonchev–Trinajstić information content (AvgIpc) is 3.65. The van der Waals surface area contributed by atoms with Crippen LogP contribution >= 0.6 is 0 Å². The van der Waals surface area contributed by atoms with Gasteiger partial charge < -0.3 is 28.5 Å². The molecule has 0 saturated carbocycles. The summed E-state index contributed by atoms with van der Waals surface area (Å²) in [5.41, 5.74) is -1.68. The Labute approximate surface area is 283 Å². The van der Waals surface area contributed by atoms with Gasteiger partial charge in [-0.1, -0.05) is 0 Å². The van der Waals surface area contributed by atoms with E-state index >= 15 is 0 Å². The summed E-state index contributed by atoms with van der Waals surface area (Å²) in [4.78, 5) is 53.7. The normalized spacial score (nSPS) is 18.1. The Morgan fingerprint density at radius 1 is 0.694 bits per heavy atom. The predicted octanol–water partition coefficient (Wildman–Crippen LogP) is 5.34. The van der Waals surface area contributed by atoms with Crippen molar-refractivity contribution in [2.45, 2.75) is 90.5 Å². The Hall–Kier alpha value is -4.67. The van der Waals surface area contributed by atoms with Crippen LogP contribution in [0.3, 0.4) is 0 Å². The fourth-order valence-corrected chi connectivity index (χ4v) is 5.86. The quantitative estimate of drug-likeness (QED) is 0.365. The summed E-state index contributed by atoms with van der Waals surface area (Å²) >= 11 is 0. The topological polar surface area (TPSA) is 170 Å². The first-order chi connectivity index (χ1) is 22.7. The van der Waals surface area contributed by atoms with Crippen LogP contribution in [0.1, 0.15) is 67.2 Å². The molecule has 0 spiro atoms. The average molecular weight is 711 g/mol. The molecule has 4 rings (SSSR count). The van der Waals surface area contributed by atoms with Crippen molar-refractivity contribution in [1.29, 1.82) is 0 Å². The lowest BCUT2D eigenvalue weighted by Crippen LogP contribution is -2.45. The zero-order valence-corrected chi connectivity index (χ0v) is 28.8. The van der Waals surface area contributed by atoms with E-state index in [0.717, 1.165) is 36.4 Å². The highest BCUT2D eigenvalue weighted by Crippen LogP contribution is 2.29. The standard InChI is InChI=1S/C32H40F2N4O10S/c1-31(2,3)45-29(41)37-15-7-9-23(37)27(39)35-19-11-13-21(33)25(17-19)47-49(43,44)48-26-18-20(12-14-22(26)34)36-28(40)24-10-8-16-38(24)30(42)46-32(4,5)6/h11-14,17-18,23-24H,7-10,15-16H2,1-6H3,(H,35,39)(H,36,40)/t23-,24-/m0/s1. The number of hydrogen-bond donors (Lipinski definition) is 2. The van der Waals surface area contributed by atoms with Crippen molar-refractivity contribution in [3.63, 3.8) is 0 Å². The van der Waals surface area contributed by atoms with Crippen LogP contribution < -0.4 is 19.0 Å². The highest BCUT2D eigenvalue weighted by Gasteiger charge is 2.38. The van der Waals surface area contributed by atoms with Gasteiger partial charge in [-0.05, 0) is 91.5 Å². The van der Waals surface area contributed by atoms with E-state index in [-0.39, 0.29) is 24.5 Å². The van der Waals surface area contributed by atoms with Crippen LogP contribution in [0, 0.1) is 11.6 Å². The van der Waals surface area contributed by atoms with Gasteiger partial charge in [0.1, 0.15) is 23.3 Å². The molecule has 268 valence electrons. The number of anilines is 2. The minimum absolute atomic E-state index is 0.0594. The molecule has 0 aliphatic carbocycles. The highest BCUT2D eigenvalue weighted by atomic mass is 32.3. The molecule has 2 fully saturated rings. The maximum atomic E-state index is 14.6. The molecule has 2 aromatic rings. The predicted molar refractivity (Wildman–Crippen MR) is 172 cm³/mol. The molecule has 2 heterocycles. The zero-order valence-electron chi connectivity index (χ0n) is 28.0. The van der Waals surface area contributed by atoms with E-state index in [1.165, 1.54) is 9.80 Å². The number of carbonyl (C=O) groups is 4. The summed E-state index contributed by atoms with van der Waals surface area (Å²) in [5, 5.41) is 5.02. The number of hydrogen-bond acceptors (Lipinski definition) is 10. The molecule has 2 N–H and O–H groups in total. The summed E-state index contributed by atoms with van der Waals surface area (Å²) < 4.78 is 75.0. The molecule has 17 heteroatoms. The molecule has 2 atom stereocenters. The van der Waals surface area contributed by atoms with E-state index in [1.807, 2.05) is 0 Å². The van der Waals surface area contributed by atoms with E-state index in [4.69, 9.17) is 17.8 Å². The number of rotatable bonds is 8. The fraction of sp³-hybridized carbons (Fsp3) is 0.500. The van der Waals surface area contributed by atoms with Crippen LogP contribution in [-0.4, -0.2) is 78.6 Å². The van der Waals surface area contributed by atoms with Crippen LogP contribution in [0.15, 0.2) is 36.4 Å². The monoisotopic (exact) mass is 710 g/mol. The Bertz CT molecular complexity index is 1590. The Kier molecular flexibility index (Phi) is 10.9. The lowest BCUT2D eigenvalue weighted by molar-refractivity contribution is -0.121. The van der Waals surface area contributed by atoms with Crippen LogP contribution in [0.2, 0.25) is 0 Å². The summed E-state index contributed by atoms with van der Waals surface area (Å²) in [6.07, 6.45) is 0.411. The second-order valence-electron chi connectivity index (χ2n) is 13.5. The van der Waals surface area contributed by atoms with E-state index in [2.05, 4.69) is 10.6 Å². The largest absolute Gasteiger partial charge is 0.501 e. The van der Waals surface area contributed by atoms with E-state index < -0.39 is 80.8 Å². The number of nitrogens with zero attached hydrogens (tertiary/aromatic N) is 2. The van der Waals surface area contributed by atoms with Crippen molar-refractivity contribution in [2.24, 2.45) is 0 Å². The fourth-order valence-electron chi connectivity index (χ4n) is 5.13. The van der Waals surface area contributed by atoms with Gasteiger partial charge in [0.2, 0.25) is 11.8 Å². The molecule has 14 nitrogen and oxygen atoms in total. The lowest BCUT2D eigenvalue weighted by atomic mass is 10.2. The molecule has 2 aromatic carbocycles. The second kappa shape index (κ2) is 14.4. The van der Waals surface area contributed by atoms with Crippen molar-refractivity contribution in [2.75, 3.05) is 23.7 Å². The van der Waals surface area contributed by atoms with Gasteiger partial charge in [0.05, 0.1) is 0 Å². The molecule has 2 aliphatic heterocycles. The smallest absolute Gasteiger partial charge is 0.444 e. The number of amides is 4. The van der Waals surface area contributed by atoms with Gasteiger partial charge in [-0.25, -0.2) is 18.4 Å². The van der Waals surface area contributed by atoms with Crippen molar-refractivity contribution < 1.29 is 54.2 Å². The maximum absolute atomic E-state index is 14.6. The first-order valence-corrected chi connectivity index (χ1v) is 16.9. The molecule has 0 aromatic heterocycles. The van der Waals surface area contributed by atoms with Gasteiger partial charge in [-0.15, -0.1) is 8.42 Å². The SMILES string of the molecule is CC(C)(C)OC(=O)N1CCC[C@H]1C(=O)Nc1ccc(F)c(OS(=O)(=O)Oc2cc(NC(=O)[C@@H]3CCCN3C(=O)OC(C)(C)C)ccc2F)c1. The van der Waals surface area contributed by atoms with Gasteiger partial charge in [-0.2, -0.15) is 0 Å². The third-order valence-corrected chi connectivity index (χ3v) is 7.92. The molecule has 4 amide bonds.